The van der Waals surface area contributed by atoms with Gasteiger partial charge in [-0.05, 0) is 55.0 Å². The quantitative estimate of drug-likeness (QED) is 0.480. The highest BCUT2D eigenvalue weighted by atomic mass is 16.5. The molecule has 8 heteroatoms. The molecule has 0 aliphatic heterocycles. The van der Waals surface area contributed by atoms with Crippen LogP contribution < -0.4 is 14.8 Å². The van der Waals surface area contributed by atoms with E-state index in [1.165, 1.54) is 0 Å². The van der Waals surface area contributed by atoms with Crippen LogP contribution in [0.1, 0.15) is 18.7 Å². The normalized spacial score (nSPS) is 10.6. The van der Waals surface area contributed by atoms with Gasteiger partial charge in [0.15, 0.2) is 0 Å². The van der Waals surface area contributed by atoms with E-state index in [-0.39, 0.29) is 5.91 Å². The van der Waals surface area contributed by atoms with Crippen LogP contribution in [-0.2, 0) is 16.0 Å². The molecule has 30 heavy (non-hydrogen) atoms. The number of methoxy groups -OCH3 is 2. The number of ether oxygens (including phenoxy) is 3. The number of aryl methyl sites for hydroxylation is 1. The van der Waals surface area contributed by atoms with Crippen molar-refractivity contribution in [3.8, 4) is 22.9 Å². The molecular formula is C22H25N3O5. The number of carbonyl (C=O) groups excluding carboxylic acids is 1. The summed E-state index contributed by atoms with van der Waals surface area (Å²) < 4.78 is 20.9. The molecule has 1 N–H and O–H groups in total. The van der Waals surface area contributed by atoms with E-state index in [2.05, 4.69) is 15.5 Å². The molecule has 0 spiro atoms. The van der Waals surface area contributed by atoms with Gasteiger partial charge in [-0.1, -0.05) is 5.16 Å². The maximum absolute atomic E-state index is 12.1. The third kappa shape index (κ3) is 6.31. The van der Waals surface area contributed by atoms with Gasteiger partial charge in [-0.3, -0.25) is 4.79 Å². The van der Waals surface area contributed by atoms with Crippen molar-refractivity contribution < 1.29 is 23.5 Å². The van der Waals surface area contributed by atoms with Crippen LogP contribution in [0.3, 0.4) is 0 Å². The Labute approximate surface area is 175 Å². The highest BCUT2D eigenvalue weighted by molar-refractivity contribution is 5.90. The van der Waals surface area contributed by atoms with Crippen LogP contribution >= 0.6 is 0 Å². The average molecular weight is 411 g/mol. The molecule has 0 fully saturated rings. The molecule has 0 saturated carbocycles. The lowest BCUT2D eigenvalue weighted by atomic mass is 10.2. The number of nitrogens with one attached hydrogen (secondary N) is 1. The summed E-state index contributed by atoms with van der Waals surface area (Å²) in [5, 5.41) is 6.86. The molecule has 0 radical (unpaired) electrons. The molecule has 1 aromatic heterocycles. The Kier molecular flexibility index (Phi) is 7.79. The number of rotatable bonds is 11. The SMILES string of the molecule is COCCOc1ccc(NC(=O)CCCc2nc(-c3ccc(OC)cc3)no2)cc1. The van der Waals surface area contributed by atoms with E-state index in [1.54, 1.807) is 26.4 Å². The van der Waals surface area contributed by atoms with Gasteiger partial charge < -0.3 is 24.1 Å². The summed E-state index contributed by atoms with van der Waals surface area (Å²) in [4.78, 5) is 16.5. The number of carbonyl (C=O) groups is 1. The molecule has 0 saturated heterocycles. The summed E-state index contributed by atoms with van der Waals surface area (Å²) in [6, 6.07) is 14.7. The molecular weight excluding hydrogens is 386 g/mol. The zero-order valence-corrected chi connectivity index (χ0v) is 17.1. The van der Waals surface area contributed by atoms with Gasteiger partial charge in [0.25, 0.3) is 0 Å². The minimum atomic E-state index is -0.0713. The van der Waals surface area contributed by atoms with Gasteiger partial charge in [0.1, 0.15) is 18.1 Å². The highest BCUT2D eigenvalue weighted by Gasteiger charge is 2.10. The largest absolute Gasteiger partial charge is 0.497 e. The number of anilines is 1. The minimum Gasteiger partial charge on any atom is -0.497 e. The van der Waals surface area contributed by atoms with Crippen LogP contribution in [0, 0.1) is 0 Å². The first kappa shape index (κ1) is 21.3. The van der Waals surface area contributed by atoms with Gasteiger partial charge >= 0.3 is 0 Å². The zero-order chi connectivity index (χ0) is 21.2. The molecule has 2 aromatic carbocycles. The number of amides is 1. The molecule has 3 rings (SSSR count). The number of hydrogen-bond donors (Lipinski definition) is 1. The number of hydrogen-bond acceptors (Lipinski definition) is 7. The Hall–Kier alpha value is -3.39. The lowest BCUT2D eigenvalue weighted by Crippen LogP contribution is -2.11. The Morgan fingerprint density at radius 1 is 1.00 bits per heavy atom. The Bertz CT molecular complexity index is 923. The fraction of sp³-hybridized carbons (Fsp3) is 0.318. The Morgan fingerprint density at radius 3 is 2.43 bits per heavy atom. The van der Waals surface area contributed by atoms with Crippen LogP contribution in [0.5, 0.6) is 11.5 Å². The van der Waals surface area contributed by atoms with Crippen molar-refractivity contribution in [2.24, 2.45) is 0 Å². The lowest BCUT2D eigenvalue weighted by molar-refractivity contribution is -0.116. The highest BCUT2D eigenvalue weighted by Crippen LogP contribution is 2.20. The van der Waals surface area contributed by atoms with Crippen LogP contribution in [0.15, 0.2) is 53.1 Å². The van der Waals surface area contributed by atoms with Gasteiger partial charge in [-0.15, -0.1) is 0 Å². The fourth-order valence-corrected chi connectivity index (χ4v) is 2.71. The molecule has 3 aromatic rings. The van der Waals surface area contributed by atoms with Gasteiger partial charge in [-0.25, -0.2) is 0 Å². The third-order valence-corrected chi connectivity index (χ3v) is 4.31. The molecule has 0 bridgehead atoms. The predicted octanol–water partition coefficient (Wildman–Crippen LogP) is 3.73. The topological polar surface area (TPSA) is 95.7 Å². The van der Waals surface area contributed by atoms with E-state index in [4.69, 9.17) is 18.7 Å². The standard InChI is InChI=1S/C22H25N3O5/c1-27-14-15-29-19-12-8-17(9-13-19)23-20(26)4-3-5-21-24-22(25-30-21)16-6-10-18(28-2)11-7-16/h6-13H,3-5,14-15H2,1-2H3,(H,23,26). The molecule has 0 aliphatic carbocycles. The Balaban J connectivity index is 1.41. The summed E-state index contributed by atoms with van der Waals surface area (Å²) >= 11 is 0. The van der Waals surface area contributed by atoms with Crippen molar-refractivity contribution in [3.63, 3.8) is 0 Å². The second-order valence-corrected chi connectivity index (χ2v) is 6.51. The Morgan fingerprint density at radius 2 is 1.73 bits per heavy atom. The van der Waals surface area contributed by atoms with Crippen LogP contribution in [0.2, 0.25) is 0 Å². The van der Waals surface area contributed by atoms with Gasteiger partial charge in [-0.2, -0.15) is 4.98 Å². The van der Waals surface area contributed by atoms with Gasteiger partial charge in [0.05, 0.1) is 13.7 Å². The summed E-state index contributed by atoms with van der Waals surface area (Å²) in [6.45, 7) is 1.01. The lowest BCUT2D eigenvalue weighted by Gasteiger charge is -2.08. The van der Waals surface area contributed by atoms with Gasteiger partial charge in [0, 0.05) is 31.2 Å². The third-order valence-electron chi connectivity index (χ3n) is 4.31. The first-order valence-electron chi connectivity index (χ1n) is 9.66. The monoisotopic (exact) mass is 411 g/mol. The van der Waals surface area contributed by atoms with Crippen LogP contribution in [0.4, 0.5) is 5.69 Å². The zero-order valence-electron chi connectivity index (χ0n) is 17.1. The van der Waals surface area contributed by atoms with E-state index in [1.807, 2.05) is 36.4 Å². The van der Waals surface area contributed by atoms with E-state index < -0.39 is 0 Å². The smallest absolute Gasteiger partial charge is 0.226 e. The molecule has 1 amide bonds. The van der Waals surface area contributed by atoms with E-state index >= 15 is 0 Å². The second-order valence-electron chi connectivity index (χ2n) is 6.51. The van der Waals surface area contributed by atoms with E-state index in [0.717, 1.165) is 22.7 Å². The molecule has 0 aliphatic rings. The maximum Gasteiger partial charge on any atom is 0.226 e. The van der Waals surface area contributed by atoms with E-state index in [0.29, 0.717) is 44.2 Å². The predicted molar refractivity (Wildman–Crippen MR) is 112 cm³/mol. The van der Waals surface area contributed by atoms with Crippen molar-refractivity contribution in [2.45, 2.75) is 19.3 Å². The number of aromatic nitrogens is 2. The van der Waals surface area contributed by atoms with Crippen LogP contribution in [-0.4, -0.2) is 43.5 Å². The second kappa shape index (κ2) is 11.0. The minimum absolute atomic E-state index is 0.0713. The molecule has 158 valence electrons. The van der Waals surface area contributed by atoms with Crippen molar-refractivity contribution in [3.05, 3.63) is 54.4 Å². The number of nitrogens with zero attached hydrogens (tertiary/aromatic N) is 2. The molecule has 1 heterocycles. The van der Waals surface area contributed by atoms with E-state index in [9.17, 15) is 4.79 Å². The summed E-state index contributed by atoms with van der Waals surface area (Å²) in [5.41, 5.74) is 1.57. The molecule has 8 nitrogen and oxygen atoms in total. The molecule has 0 unspecified atom stereocenters. The summed E-state index contributed by atoms with van der Waals surface area (Å²) in [5.74, 6) is 2.45. The first-order valence-corrected chi connectivity index (χ1v) is 9.66. The summed E-state index contributed by atoms with van der Waals surface area (Å²) in [7, 11) is 3.24. The first-order chi connectivity index (χ1) is 14.7. The van der Waals surface area contributed by atoms with Crippen molar-refractivity contribution in [2.75, 3.05) is 32.8 Å². The fourth-order valence-electron chi connectivity index (χ4n) is 2.71. The van der Waals surface area contributed by atoms with Crippen molar-refractivity contribution in [1.82, 2.24) is 10.1 Å². The number of benzene rings is 2. The van der Waals surface area contributed by atoms with Gasteiger partial charge in [0.2, 0.25) is 17.6 Å². The van der Waals surface area contributed by atoms with Crippen molar-refractivity contribution >= 4 is 11.6 Å². The molecule has 0 atom stereocenters. The maximum atomic E-state index is 12.1. The van der Waals surface area contributed by atoms with Crippen LogP contribution in [0.25, 0.3) is 11.4 Å². The van der Waals surface area contributed by atoms with Crippen molar-refractivity contribution in [1.29, 1.82) is 0 Å². The summed E-state index contributed by atoms with van der Waals surface area (Å²) in [6.07, 6.45) is 1.49. The average Bonchev–Trinajstić information content (AvgIpc) is 3.24.